The molecular formula is C29H29ClF2N4O4. The molecule has 0 radical (unpaired) electrons. The third-order valence-electron chi connectivity index (χ3n) is 7.31. The Balaban J connectivity index is 1.29. The van der Waals surface area contributed by atoms with Gasteiger partial charge in [-0.05, 0) is 66.9 Å². The van der Waals surface area contributed by atoms with Crippen LogP contribution < -0.4 is 26.0 Å². The number of rotatable bonds is 9. The highest BCUT2D eigenvalue weighted by molar-refractivity contribution is 6.31. The number of hydrogen-bond acceptors (Lipinski definition) is 6. The first kappa shape index (κ1) is 27.8. The number of halogens is 3. The average molecular weight is 571 g/mol. The molecule has 5 rings (SSSR count). The van der Waals surface area contributed by atoms with Gasteiger partial charge < -0.3 is 25.8 Å². The Morgan fingerprint density at radius 3 is 2.65 bits per heavy atom. The number of fused-ring (bicyclic) bond motifs is 1. The third kappa shape index (κ3) is 6.19. The van der Waals surface area contributed by atoms with Crippen LogP contribution >= 0.6 is 11.6 Å². The minimum absolute atomic E-state index is 0.132. The zero-order valence-corrected chi connectivity index (χ0v) is 22.1. The number of para-hydroxylation sites is 1. The zero-order chi connectivity index (χ0) is 28.2. The molecule has 5 N–H and O–H groups in total. The number of anilines is 1. The Kier molecular flexibility index (Phi) is 8.49. The first-order chi connectivity index (χ1) is 19.3. The number of nitrogens with one attached hydrogen (secondary N) is 4. The summed E-state index contributed by atoms with van der Waals surface area (Å²) in [5.41, 5.74) is 2.13. The van der Waals surface area contributed by atoms with E-state index < -0.39 is 36.7 Å². The smallest absolute Gasteiger partial charge is 0.335 e. The van der Waals surface area contributed by atoms with E-state index in [0.717, 1.165) is 5.69 Å². The van der Waals surface area contributed by atoms with E-state index in [4.69, 9.17) is 16.3 Å². The number of piperidine rings is 1. The molecule has 0 aromatic heterocycles. The zero-order valence-electron chi connectivity index (χ0n) is 21.3. The predicted octanol–water partition coefficient (Wildman–Crippen LogP) is 4.43. The lowest BCUT2D eigenvalue weighted by molar-refractivity contribution is -0.135. The van der Waals surface area contributed by atoms with Gasteiger partial charge in [0.1, 0.15) is 5.75 Å². The Labute approximate surface area is 235 Å². The monoisotopic (exact) mass is 570 g/mol. The van der Waals surface area contributed by atoms with Crippen molar-refractivity contribution in [3.05, 3.63) is 83.4 Å². The molecule has 5 unspecified atom stereocenters. The summed E-state index contributed by atoms with van der Waals surface area (Å²) in [6.45, 7) is 0.445. The van der Waals surface area contributed by atoms with Crippen molar-refractivity contribution in [2.75, 3.05) is 18.5 Å². The summed E-state index contributed by atoms with van der Waals surface area (Å²) in [6.07, 6.45) is -2.93. The van der Waals surface area contributed by atoms with Crippen molar-refractivity contribution in [2.24, 2.45) is 11.8 Å². The van der Waals surface area contributed by atoms with Gasteiger partial charge in [-0.3, -0.25) is 10.1 Å². The molecule has 0 aliphatic carbocycles. The lowest BCUT2D eigenvalue weighted by Gasteiger charge is -2.48. The standard InChI is InChI=1S/C29H29ClF2N4O4/c30-19-9-10-22(21(14-19)16-5-4-6-17(13-16)28(38)39)40-12-11-18-15-33-25(26(31)32)24-23(18)27(37)36-29(35-24)34-20-7-2-1-3-8-20/h1-10,13-14,18,23-26,29,33-35H,11-12,15H2,(H,36,37)(H,38,39). The summed E-state index contributed by atoms with van der Waals surface area (Å²) in [5, 5.41) is 21.9. The topological polar surface area (TPSA) is 112 Å². The van der Waals surface area contributed by atoms with Crippen LogP contribution in [-0.2, 0) is 4.79 Å². The second kappa shape index (κ2) is 12.2. The summed E-state index contributed by atoms with van der Waals surface area (Å²) in [4.78, 5) is 24.7. The predicted molar refractivity (Wildman–Crippen MR) is 148 cm³/mol. The van der Waals surface area contributed by atoms with Gasteiger partial charge in [0.25, 0.3) is 6.43 Å². The lowest BCUT2D eigenvalue weighted by Crippen LogP contribution is -2.74. The Morgan fingerprint density at radius 2 is 1.90 bits per heavy atom. The molecule has 0 spiro atoms. The van der Waals surface area contributed by atoms with E-state index in [-0.39, 0.29) is 30.5 Å². The molecule has 3 aromatic carbocycles. The molecule has 40 heavy (non-hydrogen) atoms. The number of carboxylic acids is 1. The fourth-order valence-electron chi connectivity index (χ4n) is 5.41. The van der Waals surface area contributed by atoms with E-state index >= 15 is 0 Å². The van der Waals surface area contributed by atoms with E-state index in [0.29, 0.717) is 28.3 Å². The molecule has 0 bridgehead atoms. The number of ether oxygens (including phenoxy) is 1. The Morgan fingerprint density at radius 1 is 1.10 bits per heavy atom. The minimum Gasteiger partial charge on any atom is -0.493 e. The first-order valence-corrected chi connectivity index (χ1v) is 13.3. The van der Waals surface area contributed by atoms with Gasteiger partial charge in [0.2, 0.25) is 5.91 Å². The normalized spacial score (nSPS) is 24.2. The van der Waals surface area contributed by atoms with Crippen LogP contribution in [0.15, 0.2) is 72.8 Å². The molecule has 11 heteroatoms. The number of benzene rings is 3. The van der Waals surface area contributed by atoms with Crippen molar-refractivity contribution in [3.8, 4) is 16.9 Å². The summed E-state index contributed by atoms with van der Waals surface area (Å²) < 4.78 is 34.0. The van der Waals surface area contributed by atoms with Gasteiger partial charge in [-0.2, -0.15) is 0 Å². The van der Waals surface area contributed by atoms with E-state index in [1.807, 2.05) is 30.3 Å². The molecule has 210 valence electrons. The molecule has 2 aliphatic rings. The summed E-state index contributed by atoms with van der Waals surface area (Å²) in [6, 6.07) is 18.7. The fraction of sp³-hybridized carbons (Fsp3) is 0.310. The average Bonchev–Trinajstić information content (AvgIpc) is 2.94. The quantitative estimate of drug-likeness (QED) is 0.259. The summed E-state index contributed by atoms with van der Waals surface area (Å²) in [7, 11) is 0. The van der Waals surface area contributed by atoms with Gasteiger partial charge in [0.05, 0.1) is 24.1 Å². The van der Waals surface area contributed by atoms with Gasteiger partial charge >= 0.3 is 5.97 Å². The molecule has 1 amide bonds. The first-order valence-electron chi connectivity index (χ1n) is 13.0. The molecule has 5 atom stereocenters. The van der Waals surface area contributed by atoms with Gasteiger partial charge in [-0.1, -0.05) is 41.9 Å². The van der Waals surface area contributed by atoms with E-state index in [1.54, 1.807) is 36.4 Å². The molecule has 2 saturated heterocycles. The molecule has 8 nitrogen and oxygen atoms in total. The molecule has 2 fully saturated rings. The van der Waals surface area contributed by atoms with E-state index in [2.05, 4.69) is 21.3 Å². The fourth-order valence-corrected chi connectivity index (χ4v) is 5.59. The van der Waals surface area contributed by atoms with Crippen molar-refractivity contribution in [1.29, 1.82) is 0 Å². The van der Waals surface area contributed by atoms with Crippen molar-refractivity contribution in [1.82, 2.24) is 16.0 Å². The maximum atomic E-state index is 14.0. The molecule has 2 heterocycles. The van der Waals surface area contributed by atoms with Crippen molar-refractivity contribution < 1.29 is 28.2 Å². The second-order valence-electron chi connectivity index (χ2n) is 9.86. The van der Waals surface area contributed by atoms with Gasteiger partial charge in [0, 0.05) is 22.3 Å². The van der Waals surface area contributed by atoms with Crippen molar-refractivity contribution in [2.45, 2.75) is 31.2 Å². The van der Waals surface area contributed by atoms with Crippen LogP contribution in [-0.4, -0.2) is 54.9 Å². The van der Waals surface area contributed by atoms with Crippen LogP contribution in [0.1, 0.15) is 16.8 Å². The van der Waals surface area contributed by atoms with Gasteiger partial charge in [-0.15, -0.1) is 0 Å². The number of carboxylic acid groups (broad SMARTS) is 1. The highest BCUT2D eigenvalue weighted by Crippen LogP contribution is 2.35. The highest BCUT2D eigenvalue weighted by Gasteiger charge is 2.49. The number of alkyl halides is 2. The van der Waals surface area contributed by atoms with Crippen LogP contribution in [0.3, 0.4) is 0 Å². The minimum atomic E-state index is -2.65. The second-order valence-corrected chi connectivity index (χ2v) is 10.3. The molecular weight excluding hydrogens is 542 g/mol. The van der Waals surface area contributed by atoms with Crippen LogP contribution in [0, 0.1) is 11.8 Å². The number of carbonyl (C=O) groups is 2. The summed E-state index contributed by atoms with van der Waals surface area (Å²) in [5.74, 6) is -1.80. The van der Waals surface area contributed by atoms with Crippen LogP contribution in [0.25, 0.3) is 11.1 Å². The largest absolute Gasteiger partial charge is 0.493 e. The number of carbonyl (C=O) groups excluding carboxylic acids is 1. The van der Waals surface area contributed by atoms with E-state index in [9.17, 15) is 23.5 Å². The van der Waals surface area contributed by atoms with Crippen molar-refractivity contribution >= 4 is 29.2 Å². The number of hydrogen-bond donors (Lipinski definition) is 5. The van der Waals surface area contributed by atoms with Crippen LogP contribution in [0.5, 0.6) is 5.75 Å². The highest BCUT2D eigenvalue weighted by atomic mass is 35.5. The third-order valence-corrected chi connectivity index (χ3v) is 7.55. The van der Waals surface area contributed by atoms with E-state index in [1.165, 1.54) is 6.07 Å². The van der Waals surface area contributed by atoms with Crippen LogP contribution in [0.4, 0.5) is 14.5 Å². The molecule has 2 aliphatic heterocycles. The molecule has 3 aromatic rings. The Bertz CT molecular complexity index is 1360. The SMILES string of the molecule is O=C(O)c1cccc(-c2cc(Cl)ccc2OCCC2CNC(C(F)F)C3NC(Nc4ccccc4)NC(=O)C23)c1. The molecule has 0 saturated carbocycles. The van der Waals surface area contributed by atoms with Gasteiger partial charge in [-0.25, -0.2) is 13.6 Å². The summed E-state index contributed by atoms with van der Waals surface area (Å²) >= 11 is 6.22. The van der Waals surface area contributed by atoms with Crippen molar-refractivity contribution in [3.63, 3.8) is 0 Å². The lowest BCUT2D eigenvalue weighted by atomic mass is 9.75. The maximum absolute atomic E-state index is 14.0. The maximum Gasteiger partial charge on any atom is 0.335 e. The number of aromatic carboxylic acids is 1. The number of amides is 1. The van der Waals surface area contributed by atoms with Crippen LogP contribution in [0.2, 0.25) is 5.02 Å². The Hall–Kier alpha value is -3.73. The van der Waals surface area contributed by atoms with Gasteiger partial charge in [0.15, 0.2) is 6.29 Å².